The summed E-state index contributed by atoms with van der Waals surface area (Å²) in [5.74, 6) is 0.00344. The van der Waals surface area contributed by atoms with Gasteiger partial charge in [0.25, 0.3) is 5.56 Å². The van der Waals surface area contributed by atoms with Gasteiger partial charge in [-0.2, -0.15) is 0 Å². The fraction of sp³-hybridized carbons (Fsp3) is 0.346. The molecule has 0 aliphatic rings. The van der Waals surface area contributed by atoms with Gasteiger partial charge in [-0.15, -0.1) is 11.3 Å². The smallest absolute Gasteiger partial charge is 0.333 e. The number of aromatic nitrogens is 1. The number of nitrogens with zero attached hydrogens (tertiary/aromatic N) is 2. The minimum absolute atomic E-state index is 0.0165. The van der Waals surface area contributed by atoms with Crippen LogP contribution in [-0.2, 0) is 20.9 Å². The molecule has 0 aliphatic heterocycles. The molecule has 0 radical (unpaired) electrons. The van der Waals surface area contributed by atoms with Crippen molar-refractivity contribution in [3.63, 3.8) is 0 Å². The molecular weight excluding hydrogens is 452 g/mol. The number of esters is 1. The van der Waals surface area contributed by atoms with E-state index in [1.807, 2.05) is 64.1 Å². The zero-order chi connectivity index (χ0) is 25.0. The van der Waals surface area contributed by atoms with E-state index in [4.69, 9.17) is 9.47 Å². The van der Waals surface area contributed by atoms with Crippen molar-refractivity contribution in [1.29, 1.82) is 0 Å². The van der Waals surface area contributed by atoms with Gasteiger partial charge in [-0.3, -0.25) is 14.2 Å². The maximum atomic E-state index is 13.3. The Balaban J connectivity index is 2.10. The second-order valence-corrected chi connectivity index (χ2v) is 9.53. The number of fused-ring (bicyclic) bond motifs is 1. The monoisotopic (exact) mass is 482 g/mol. The van der Waals surface area contributed by atoms with Gasteiger partial charge in [0.15, 0.2) is 0 Å². The van der Waals surface area contributed by atoms with E-state index in [1.165, 1.54) is 17.8 Å². The molecule has 0 atom stereocenters. The van der Waals surface area contributed by atoms with Crippen LogP contribution in [0.25, 0.3) is 22.9 Å². The lowest BCUT2D eigenvalue weighted by Gasteiger charge is -2.30. The van der Waals surface area contributed by atoms with Crippen molar-refractivity contribution in [1.82, 2.24) is 9.47 Å². The number of ether oxygens (including phenoxy) is 2. The minimum Gasteiger partial charge on any atom is -0.497 e. The van der Waals surface area contributed by atoms with Crippen LogP contribution in [0.1, 0.15) is 33.3 Å². The summed E-state index contributed by atoms with van der Waals surface area (Å²) >= 11 is 1.15. The van der Waals surface area contributed by atoms with Gasteiger partial charge in [0.2, 0.25) is 5.91 Å². The highest BCUT2D eigenvalue weighted by Crippen LogP contribution is 2.22. The highest BCUT2D eigenvalue weighted by Gasteiger charge is 2.21. The molecule has 1 heterocycles. The average molecular weight is 483 g/mol. The van der Waals surface area contributed by atoms with Gasteiger partial charge in [0.05, 0.1) is 24.8 Å². The largest absolute Gasteiger partial charge is 0.497 e. The molecule has 0 aliphatic carbocycles. The Hall–Kier alpha value is -3.39. The Morgan fingerprint density at radius 1 is 1.03 bits per heavy atom. The summed E-state index contributed by atoms with van der Waals surface area (Å²) in [6.07, 6.45) is 3.02. The van der Waals surface area contributed by atoms with Crippen LogP contribution < -0.4 is 19.5 Å². The van der Waals surface area contributed by atoms with Crippen LogP contribution in [-0.4, -0.2) is 47.6 Å². The van der Waals surface area contributed by atoms with Crippen molar-refractivity contribution in [2.45, 2.75) is 46.3 Å². The van der Waals surface area contributed by atoms with Gasteiger partial charge in [-0.1, -0.05) is 18.2 Å². The lowest BCUT2D eigenvalue weighted by Crippen LogP contribution is -2.46. The van der Waals surface area contributed by atoms with E-state index < -0.39 is 5.97 Å². The lowest BCUT2D eigenvalue weighted by molar-refractivity contribution is -0.136. The third-order valence-corrected chi connectivity index (χ3v) is 6.50. The fourth-order valence-electron chi connectivity index (χ4n) is 3.95. The number of hydrogen-bond acceptors (Lipinski definition) is 6. The lowest BCUT2D eigenvalue weighted by atomic mass is 10.1. The van der Waals surface area contributed by atoms with Crippen molar-refractivity contribution in [3.05, 3.63) is 61.5 Å². The molecule has 3 aromatic rings. The van der Waals surface area contributed by atoms with E-state index in [1.54, 1.807) is 18.1 Å². The summed E-state index contributed by atoms with van der Waals surface area (Å²) < 4.78 is 12.2. The summed E-state index contributed by atoms with van der Waals surface area (Å²) in [6, 6.07) is 11.6. The standard InChI is InChI=1S/C26H30N2O5S/c1-16(2)28(17(3)4)23(29)15-27-24(14-25(30)33-6)34-22(26(27)31)12-18-7-8-20-13-21(32-5)10-9-19(20)11-18/h7-14,16-17H,15H2,1-6H3/b22-12+,24-14-. The normalized spacial score (nSPS) is 12.6. The molecule has 0 unspecified atom stereocenters. The molecule has 0 saturated heterocycles. The Kier molecular flexibility index (Phi) is 7.94. The third-order valence-electron chi connectivity index (χ3n) is 5.44. The van der Waals surface area contributed by atoms with Crippen molar-refractivity contribution >= 4 is 46.1 Å². The Morgan fingerprint density at radius 2 is 1.68 bits per heavy atom. The molecule has 0 spiro atoms. The molecule has 0 fully saturated rings. The number of rotatable bonds is 7. The average Bonchev–Trinajstić information content (AvgIpc) is 3.06. The van der Waals surface area contributed by atoms with Crippen LogP contribution >= 0.6 is 11.3 Å². The number of hydrogen-bond donors (Lipinski definition) is 0. The minimum atomic E-state index is -0.585. The number of thiazole rings is 1. The van der Waals surface area contributed by atoms with Gasteiger partial charge in [0, 0.05) is 12.1 Å². The molecule has 34 heavy (non-hydrogen) atoms. The second-order valence-electron chi connectivity index (χ2n) is 8.47. The number of amides is 1. The molecule has 1 amide bonds. The highest BCUT2D eigenvalue weighted by atomic mass is 32.1. The van der Waals surface area contributed by atoms with Crippen LogP contribution in [0.2, 0.25) is 0 Å². The molecule has 7 nitrogen and oxygen atoms in total. The van der Waals surface area contributed by atoms with Crippen molar-refractivity contribution in [2.24, 2.45) is 0 Å². The van der Waals surface area contributed by atoms with Gasteiger partial charge in [-0.25, -0.2) is 4.79 Å². The van der Waals surface area contributed by atoms with Crippen LogP contribution in [0.4, 0.5) is 0 Å². The maximum absolute atomic E-state index is 13.3. The number of benzene rings is 2. The zero-order valence-corrected chi connectivity index (χ0v) is 21.1. The molecular formula is C26H30N2O5S. The van der Waals surface area contributed by atoms with Crippen LogP contribution in [0, 0.1) is 0 Å². The Bertz CT molecular complexity index is 1380. The summed E-state index contributed by atoms with van der Waals surface area (Å²) in [7, 11) is 2.90. The summed E-state index contributed by atoms with van der Waals surface area (Å²) in [6.45, 7) is 7.59. The second kappa shape index (κ2) is 10.7. The number of methoxy groups -OCH3 is 2. The number of carbonyl (C=O) groups is 2. The van der Waals surface area contributed by atoms with E-state index in [-0.39, 0.29) is 30.1 Å². The van der Waals surface area contributed by atoms with E-state index in [2.05, 4.69) is 0 Å². The van der Waals surface area contributed by atoms with E-state index in [0.29, 0.717) is 9.20 Å². The van der Waals surface area contributed by atoms with E-state index >= 15 is 0 Å². The van der Waals surface area contributed by atoms with Crippen molar-refractivity contribution < 1.29 is 19.1 Å². The van der Waals surface area contributed by atoms with E-state index in [0.717, 1.165) is 33.4 Å². The van der Waals surface area contributed by atoms with Crippen molar-refractivity contribution in [3.8, 4) is 5.75 Å². The van der Waals surface area contributed by atoms with E-state index in [9.17, 15) is 14.4 Å². The predicted molar refractivity (Wildman–Crippen MR) is 135 cm³/mol. The first kappa shape index (κ1) is 25.2. The molecule has 0 saturated carbocycles. The predicted octanol–water partition coefficient (Wildman–Crippen LogP) is 2.50. The van der Waals surface area contributed by atoms with Gasteiger partial charge >= 0.3 is 5.97 Å². The maximum Gasteiger partial charge on any atom is 0.333 e. The van der Waals surface area contributed by atoms with Crippen molar-refractivity contribution in [2.75, 3.05) is 14.2 Å². The summed E-state index contributed by atoms with van der Waals surface area (Å²) in [4.78, 5) is 40.0. The molecule has 1 aromatic heterocycles. The quantitative estimate of drug-likeness (QED) is 0.484. The zero-order valence-electron chi connectivity index (χ0n) is 20.3. The fourth-order valence-corrected chi connectivity index (χ4v) is 4.98. The Labute approximate surface area is 202 Å². The third kappa shape index (κ3) is 5.56. The van der Waals surface area contributed by atoms with Gasteiger partial charge in [0.1, 0.15) is 17.0 Å². The van der Waals surface area contributed by atoms with Gasteiger partial charge < -0.3 is 14.4 Å². The molecule has 0 N–H and O–H groups in total. The first-order valence-corrected chi connectivity index (χ1v) is 11.9. The Morgan fingerprint density at radius 3 is 2.29 bits per heavy atom. The molecule has 0 bridgehead atoms. The SMILES string of the molecule is COC(=O)/C=c1\s/c(=C/c2ccc3cc(OC)ccc3c2)c(=O)n1CC(=O)N(C(C)C)C(C)C. The van der Waals surface area contributed by atoms with Crippen LogP contribution in [0.3, 0.4) is 0 Å². The topological polar surface area (TPSA) is 77.8 Å². The first-order chi connectivity index (χ1) is 16.1. The molecule has 2 aromatic carbocycles. The van der Waals surface area contributed by atoms with Crippen LogP contribution in [0.15, 0.2) is 41.2 Å². The first-order valence-electron chi connectivity index (χ1n) is 11.0. The number of carbonyl (C=O) groups excluding carboxylic acids is 2. The van der Waals surface area contributed by atoms with Gasteiger partial charge in [-0.05, 0) is 68.3 Å². The molecule has 8 heteroatoms. The summed E-state index contributed by atoms with van der Waals surface area (Å²) in [5, 5.41) is 2.03. The summed E-state index contributed by atoms with van der Waals surface area (Å²) in [5.41, 5.74) is 0.515. The van der Waals surface area contributed by atoms with Crippen LogP contribution in [0.5, 0.6) is 5.75 Å². The molecule has 180 valence electrons. The highest BCUT2D eigenvalue weighted by molar-refractivity contribution is 7.07. The molecule has 3 rings (SSSR count).